The zero-order chi connectivity index (χ0) is 12.7. The van der Waals surface area contributed by atoms with Crippen LogP contribution in [0, 0.1) is 6.92 Å². The number of rotatable bonds is 1. The van der Waals surface area contributed by atoms with Gasteiger partial charge in [0.25, 0.3) is 0 Å². The normalized spacial score (nSPS) is 27.8. The van der Waals surface area contributed by atoms with E-state index in [1.807, 2.05) is 0 Å². The number of nitrogens with two attached hydrogens (primary N) is 1. The third kappa shape index (κ3) is 1.85. The van der Waals surface area contributed by atoms with Gasteiger partial charge in [0.1, 0.15) is 0 Å². The fourth-order valence-corrected chi connectivity index (χ4v) is 3.41. The molecule has 1 aliphatic carbocycles. The number of fused-ring (bicyclic) bond motifs is 1. The lowest BCUT2D eigenvalue weighted by Crippen LogP contribution is -2.37. The van der Waals surface area contributed by atoms with Crippen LogP contribution in [-0.4, -0.2) is 17.0 Å². The second-order valence-corrected chi connectivity index (χ2v) is 5.55. The topological polar surface area (TPSA) is 60.0 Å². The molecule has 2 unspecified atom stereocenters. The van der Waals surface area contributed by atoms with Gasteiger partial charge in [-0.3, -0.25) is 4.79 Å². The maximum Gasteiger partial charge on any atom is 0.220 e. The van der Waals surface area contributed by atoms with E-state index in [0.29, 0.717) is 12.5 Å². The van der Waals surface area contributed by atoms with Crippen molar-refractivity contribution in [3.05, 3.63) is 23.0 Å². The number of amides is 1. The molecular formula is C14H21N3O. The number of piperidine rings is 1. The van der Waals surface area contributed by atoms with Crippen LogP contribution < -0.4 is 11.1 Å². The van der Waals surface area contributed by atoms with Gasteiger partial charge in [-0.15, -0.1) is 0 Å². The molecule has 1 aromatic rings. The summed E-state index contributed by atoms with van der Waals surface area (Å²) in [6.07, 6.45) is 4.99. The van der Waals surface area contributed by atoms with Gasteiger partial charge in [-0.05, 0) is 44.2 Å². The van der Waals surface area contributed by atoms with Crippen molar-refractivity contribution in [2.75, 3.05) is 6.54 Å². The smallest absolute Gasteiger partial charge is 0.220 e. The van der Waals surface area contributed by atoms with E-state index in [0.717, 1.165) is 25.8 Å². The summed E-state index contributed by atoms with van der Waals surface area (Å²) in [6, 6.07) is 2.86. The molecule has 1 aromatic heterocycles. The van der Waals surface area contributed by atoms with E-state index in [1.165, 1.54) is 23.4 Å². The minimum absolute atomic E-state index is 0.182. The molecule has 98 valence electrons. The number of carbonyl (C=O) groups is 1. The first-order valence-corrected chi connectivity index (χ1v) is 6.89. The van der Waals surface area contributed by atoms with Crippen molar-refractivity contribution in [3.8, 4) is 0 Å². The molecule has 2 aliphatic rings. The van der Waals surface area contributed by atoms with Gasteiger partial charge >= 0.3 is 0 Å². The third-order valence-corrected chi connectivity index (χ3v) is 4.30. The summed E-state index contributed by atoms with van der Waals surface area (Å²) in [6.45, 7) is 2.91. The largest absolute Gasteiger partial charge is 0.354 e. The number of aromatic nitrogens is 1. The van der Waals surface area contributed by atoms with Gasteiger partial charge in [-0.25, -0.2) is 0 Å². The lowest BCUT2D eigenvalue weighted by molar-refractivity contribution is -0.122. The Morgan fingerprint density at radius 1 is 1.39 bits per heavy atom. The highest BCUT2D eigenvalue weighted by Crippen LogP contribution is 2.34. The molecule has 4 nitrogen and oxygen atoms in total. The van der Waals surface area contributed by atoms with Crippen molar-refractivity contribution in [1.29, 1.82) is 0 Å². The van der Waals surface area contributed by atoms with Gasteiger partial charge in [0, 0.05) is 30.4 Å². The zero-order valence-corrected chi connectivity index (χ0v) is 10.9. The first kappa shape index (κ1) is 11.8. The van der Waals surface area contributed by atoms with Crippen LogP contribution in [0.2, 0.25) is 0 Å². The minimum Gasteiger partial charge on any atom is -0.354 e. The van der Waals surface area contributed by atoms with E-state index in [1.54, 1.807) is 0 Å². The molecule has 0 aromatic carbocycles. The van der Waals surface area contributed by atoms with Gasteiger partial charge in [-0.2, -0.15) is 0 Å². The van der Waals surface area contributed by atoms with E-state index in [2.05, 4.69) is 22.9 Å². The summed E-state index contributed by atoms with van der Waals surface area (Å²) in [5.74, 6) is 0.182. The molecule has 0 spiro atoms. The number of hydrogen-bond donors (Lipinski definition) is 2. The molecule has 0 radical (unpaired) electrons. The highest BCUT2D eigenvalue weighted by Gasteiger charge is 2.27. The predicted molar refractivity (Wildman–Crippen MR) is 70.3 cm³/mol. The Hall–Kier alpha value is -1.29. The summed E-state index contributed by atoms with van der Waals surface area (Å²) in [5, 5.41) is 2.97. The predicted octanol–water partition coefficient (Wildman–Crippen LogP) is 1.58. The zero-order valence-electron chi connectivity index (χ0n) is 10.9. The van der Waals surface area contributed by atoms with Crippen LogP contribution in [0.4, 0.5) is 0 Å². The van der Waals surface area contributed by atoms with Crippen LogP contribution in [0.3, 0.4) is 0 Å². The van der Waals surface area contributed by atoms with Gasteiger partial charge in [0.2, 0.25) is 5.91 Å². The quantitative estimate of drug-likeness (QED) is 0.791. The number of carbonyl (C=O) groups excluding carboxylic acids is 1. The minimum atomic E-state index is 0.182. The number of nitrogens with zero attached hydrogens (tertiary/aromatic N) is 1. The van der Waals surface area contributed by atoms with E-state index in [4.69, 9.17) is 5.73 Å². The molecule has 1 amide bonds. The number of hydrogen-bond acceptors (Lipinski definition) is 2. The Labute approximate surface area is 108 Å². The van der Waals surface area contributed by atoms with Crippen LogP contribution in [0.1, 0.15) is 54.7 Å². The van der Waals surface area contributed by atoms with Gasteiger partial charge in [0.05, 0.1) is 6.04 Å². The molecular weight excluding hydrogens is 226 g/mol. The summed E-state index contributed by atoms with van der Waals surface area (Å²) in [5.41, 5.74) is 10.2. The van der Waals surface area contributed by atoms with Crippen molar-refractivity contribution >= 4 is 5.91 Å². The maximum atomic E-state index is 11.3. The van der Waals surface area contributed by atoms with Crippen molar-refractivity contribution in [2.24, 2.45) is 5.73 Å². The lowest BCUT2D eigenvalue weighted by atomic mass is 9.93. The van der Waals surface area contributed by atoms with Crippen LogP contribution in [0.15, 0.2) is 6.07 Å². The third-order valence-electron chi connectivity index (χ3n) is 4.30. The summed E-state index contributed by atoms with van der Waals surface area (Å²) in [4.78, 5) is 11.3. The lowest BCUT2D eigenvalue weighted by Gasteiger charge is -2.29. The van der Waals surface area contributed by atoms with E-state index >= 15 is 0 Å². The average Bonchev–Trinajstić information content (AvgIpc) is 2.69. The fourth-order valence-electron chi connectivity index (χ4n) is 3.41. The summed E-state index contributed by atoms with van der Waals surface area (Å²) in [7, 11) is 0. The Bertz CT molecular complexity index is 468. The number of aryl methyl sites for hydroxylation is 1. The summed E-state index contributed by atoms with van der Waals surface area (Å²) < 4.78 is 2.42. The van der Waals surface area contributed by atoms with Crippen molar-refractivity contribution in [1.82, 2.24) is 9.88 Å². The number of nitrogens with one attached hydrogen (secondary N) is 1. The SMILES string of the molecule is Cc1cc2c(n1C1CCC(=O)NC1)CCCC2N. The second kappa shape index (κ2) is 4.43. The van der Waals surface area contributed by atoms with E-state index in [9.17, 15) is 4.79 Å². The Morgan fingerprint density at radius 2 is 2.22 bits per heavy atom. The van der Waals surface area contributed by atoms with Gasteiger partial charge < -0.3 is 15.6 Å². The molecule has 2 atom stereocenters. The molecule has 1 aliphatic heterocycles. The molecule has 0 bridgehead atoms. The van der Waals surface area contributed by atoms with E-state index in [-0.39, 0.29) is 11.9 Å². The van der Waals surface area contributed by atoms with Crippen molar-refractivity contribution in [2.45, 2.75) is 51.1 Å². The monoisotopic (exact) mass is 247 g/mol. The van der Waals surface area contributed by atoms with Crippen LogP contribution in [0.5, 0.6) is 0 Å². The van der Waals surface area contributed by atoms with Crippen LogP contribution >= 0.6 is 0 Å². The molecule has 2 heterocycles. The Balaban J connectivity index is 1.94. The Morgan fingerprint density at radius 3 is 2.94 bits per heavy atom. The molecule has 1 saturated heterocycles. The molecule has 1 fully saturated rings. The standard InChI is InChI=1S/C14H21N3O/c1-9-7-11-12(15)3-2-4-13(11)17(9)10-5-6-14(18)16-8-10/h7,10,12H,2-6,8,15H2,1H3,(H,16,18). The average molecular weight is 247 g/mol. The highest BCUT2D eigenvalue weighted by atomic mass is 16.1. The molecule has 0 saturated carbocycles. The fraction of sp³-hybridized carbons (Fsp3) is 0.643. The second-order valence-electron chi connectivity index (χ2n) is 5.55. The molecule has 3 rings (SSSR count). The maximum absolute atomic E-state index is 11.3. The molecule has 18 heavy (non-hydrogen) atoms. The van der Waals surface area contributed by atoms with E-state index < -0.39 is 0 Å². The first-order chi connectivity index (χ1) is 8.66. The van der Waals surface area contributed by atoms with Gasteiger partial charge in [0.15, 0.2) is 0 Å². The van der Waals surface area contributed by atoms with Crippen LogP contribution in [-0.2, 0) is 11.2 Å². The van der Waals surface area contributed by atoms with Gasteiger partial charge in [-0.1, -0.05) is 0 Å². The van der Waals surface area contributed by atoms with Crippen LogP contribution in [0.25, 0.3) is 0 Å². The molecule has 4 heteroatoms. The van der Waals surface area contributed by atoms with Crippen molar-refractivity contribution in [3.63, 3.8) is 0 Å². The Kier molecular flexibility index (Phi) is 2.90. The summed E-state index contributed by atoms with van der Waals surface area (Å²) >= 11 is 0. The first-order valence-electron chi connectivity index (χ1n) is 6.89. The highest BCUT2D eigenvalue weighted by molar-refractivity contribution is 5.76. The van der Waals surface area contributed by atoms with Crippen molar-refractivity contribution < 1.29 is 4.79 Å². The molecule has 3 N–H and O–H groups in total.